The van der Waals surface area contributed by atoms with Crippen molar-refractivity contribution < 1.29 is 25.2 Å². The van der Waals surface area contributed by atoms with Crippen LogP contribution in [0.5, 0.6) is 0 Å². The molecule has 0 aliphatic heterocycles. The number of halogens is 2. The van der Waals surface area contributed by atoms with E-state index in [0.717, 1.165) is 26.3 Å². The van der Waals surface area contributed by atoms with Crippen molar-refractivity contribution in [1.82, 2.24) is 30.4 Å². The van der Waals surface area contributed by atoms with Crippen LogP contribution in [0.2, 0.25) is 0 Å². The number of fused-ring (bicyclic) bond motifs is 2. The molecule has 0 saturated heterocycles. The van der Waals surface area contributed by atoms with Gasteiger partial charge in [0.15, 0.2) is 0 Å². The van der Waals surface area contributed by atoms with Gasteiger partial charge in [0.2, 0.25) is 0 Å². The molecule has 28 heavy (non-hydrogen) atoms. The fourth-order valence-electron chi connectivity index (χ4n) is 1.79. The molecule has 136 valence electrons. The van der Waals surface area contributed by atoms with E-state index in [1.165, 1.54) is 6.20 Å². The molecule has 0 amide bonds. The van der Waals surface area contributed by atoms with Gasteiger partial charge in [-0.3, -0.25) is 24.6 Å². The Hall–Kier alpha value is -3.26. The predicted molar refractivity (Wildman–Crippen MR) is 97.2 cm³/mol. The summed E-state index contributed by atoms with van der Waals surface area (Å²) >= 11 is 3.35. The summed E-state index contributed by atoms with van der Waals surface area (Å²) in [4.78, 5) is 7.83. The number of aromatic amines is 2. The van der Waals surface area contributed by atoms with Crippen molar-refractivity contribution >= 4 is 37.7 Å². The third-order valence-corrected chi connectivity index (χ3v) is 3.44. The Morgan fingerprint density at radius 3 is 1.93 bits per heavy atom. The van der Waals surface area contributed by atoms with Crippen LogP contribution in [-0.2, 0) is 19.5 Å². The van der Waals surface area contributed by atoms with E-state index in [2.05, 4.69) is 46.3 Å². The van der Waals surface area contributed by atoms with E-state index < -0.39 is 7.15 Å². The summed E-state index contributed by atoms with van der Waals surface area (Å²) in [5.41, 5.74) is 2.30. The topological polar surface area (TPSA) is 155 Å². The molecule has 0 unspecified atom stereocenters. The Morgan fingerprint density at radius 1 is 0.964 bits per heavy atom. The zero-order valence-electron chi connectivity index (χ0n) is 15.3. The first kappa shape index (κ1) is 24.7. The van der Waals surface area contributed by atoms with Crippen LogP contribution in [0.3, 0.4) is 0 Å². The minimum absolute atomic E-state index is 0. The van der Waals surface area contributed by atoms with Crippen LogP contribution in [0, 0.1) is 35.0 Å². The molecule has 9 nitrogen and oxygen atoms in total. The van der Waals surface area contributed by atoms with Gasteiger partial charge in [-0.15, -0.1) is 0 Å². The van der Waals surface area contributed by atoms with Crippen molar-refractivity contribution in [2.24, 2.45) is 0 Å². The maximum atomic E-state index is 9.96. The Balaban J connectivity index is 0. The van der Waals surface area contributed by atoms with Crippen LogP contribution >= 0.6 is 15.9 Å². The SMILES string of the molecule is Brc1cncc2[nH]ncc12.N#Cc1cncc2[nH]ncc12.[2H]CF.[C-]#N.[C-]#N.[Zn+2]. The molecule has 0 aliphatic carbocycles. The third-order valence-electron chi connectivity index (χ3n) is 2.80. The molecular formula is C16H11BrFN9Zn. The van der Waals surface area contributed by atoms with Crippen molar-refractivity contribution in [2.75, 3.05) is 7.15 Å². The van der Waals surface area contributed by atoms with E-state index in [1.54, 1.807) is 31.0 Å². The number of H-pyrrole nitrogens is 2. The summed E-state index contributed by atoms with van der Waals surface area (Å²) in [5, 5.41) is 36.2. The normalized spacial score (nSPS) is 8.39. The first-order chi connectivity index (χ1) is 13.7. The smallest absolute Gasteiger partial charge is 0.512 e. The molecule has 0 atom stereocenters. The number of nitrogens with one attached hydrogen (secondary N) is 2. The number of rotatable bonds is 0. The second-order valence-corrected chi connectivity index (χ2v) is 4.94. The molecule has 2 N–H and O–H groups in total. The number of hydrogen-bond donors (Lipinski definition) is 2. The van der Waals surface area contributed by atoms with Crippen molar-refractivity contribution in [2.45, 2.75) is 0 Å². The van der Waals surface area contributed by atoms with Crippen LogP contribution in [0.1, 0.15) is 6.93 Å². The minimum atomic E-state index is -1.00. The predicted octanol–water partition coefficient (Wildman–Crippen LogP) is 3.33. The number of alkyl halides is 1. The van der Waals surface area contributed by atoms with Gasteiger partial charge in [-0.25, -0.2) is 0 Å². The molecule has 4 aromatic heterocycles. The molecule has 0 aromatic carbocycles. The molecule has 0 aliphatic rings. The van der Waals surface area contributed by atoms with Gasteiger partial charge in [-0.2, -0.15) is 15.5 Å². The zero-order valence-corrected chi connectivity index (χ0v) is 18.8. The Bertz CT molecular complexity index is 1050. The molecule has 4 heterocycles. The van der Waals surface area contributed by atoms with Gasteiger partial charge in [-0.1, -0.05) is 0 Å². The number of aromatic nitrogens is 6. The largest absolute Gasteiger partial charge is 2.00 e. The molecule has 4 rings (SSSR count). The van der Waals surface area contributed by atoms with Gasteiger partial charge < -0.3 is 23.7 Å². The van der Waals surface area contributed by atoms with Gasteiger partial charge in [0.05, 0.1) is 49.9 Å². The number of nitrogens with zero attached hydrogens (tertiary/aromatic N) is 7. The number of hydrogen-bond acceptors (Lipinski definition) is 7. The van der Waals surface area contributed by atoms with Crippen molar-refractivity contribution in [1.29, 1.82) is 15.8 Å². The van der Waals surface area contributed by atoms with Crippen LogP contribution in [0.15, 0.2) is 41.7 Å². The van der Waals surface area contributed by atoms with Gasteiger partial charge in [0.25, 0.3) is 0 Å². The maximum absolute atomic E-state index is 9.96. The van der Waals surface area contributed by atoms with Crippen LogP contribution in [0.25, 0.3) is 21.8 Å². The number of pyridine rings is 2. The van der Waals surface area contributed by atoms with Gasteiger partial charge >= 0.3 is 19.5 Å². The van der Waals surface area contributed by atoms with Gasteiger partial charge in [0.1, 0.15) is 6.07 Å². The van der Waals surface area contributed by atoms with Crippen LogP contribution in [0.4, 0.5) is 4.39 Å². The second kappa shape index (κ2) is 16.0. The molecule has 0 radical (unpaired) electrons. The number of nitriles is 1. The molecular weight excluding hydrogens is 483 g/mol. The summed E-state index contributed by atoms with van der Waals surface area (Å²) in [6.45, 7) is 9.50. The van der Waals surface area contributed by atoms with E-state index in [1.807, 2.05) is 6.07 Å². The van der Waals surface area contributed by atoms with E-state index in [4.69, 9.17) is 30.3 Å². The molecule has 0 bridgehead atoms. The quantitative estimate of drug-likeness (QED) is 0.281. The fraction of sp³-hybridized carbons (Fsp3) is 0.0625. The van der Waals surface area contributed by atoms with Crippen LogP contribution < -0.4 is 0 Å². The molecule has 0 spiro atoms. The Morgan fingerprint density at radius 2 is 1.43 bits per heavy atom. The first-order valence-electron chi connectivity index (χ1n) is 7.31. The minimum Gasteiger partial charge on any atom is -0.512 e. The average Bonchev–Trinajstić information content (AvgIpc) is 3.42. The van der Waals surface area contributed by atoms with Crippen LogP contribution in [-0.4, -0.2) is 37.5 Å². The van der Waals surface area contributed by atoms with Crippen molar-refractivity contribution in [3.05, 3.63) is 60.4 Å². The first-order valence-corrected chi connectivity index (χ1v) is 7.40. The Labute approximate surface area is 182 Å². The summed E-state index contributed by atoms with van der Waals surface area (Å²) < 4.78 is 16.5. The van der Waals surface area contributed by atoms with Crippen molar-refractivity contribution in [3.8, 4) is 6.07 Å². The summed E-state index contributed by atoms with van der Waals surface area (Å²) in [6.07, 6.45) is 10.0. The third kappa shape index (κ3) is 7.16. The monoisotopic (exact) mass is 492 g/mol. The van der Waals surface area contributed by atoms with Gasteiger partial charge in [0, 0.05) is 27.6 Å². The fourth-order valence-corrected chi connectivity index (χ4v) is 2.22. The Kier molecular flexibility index (Phi) is 14.1. The summed E-state index contributed by atoms with van der Waals surface area (Å²) in [7, 11) is -1.00. The van der Waals surface area contributed by atoms with E-state index in [9.17, 15) is 4.39 Å². The van der Waals surface area contributed by atoms with E-state index >= 15 is 0 Å². The summed E-state index contributed by atoms with van der Waals surface area (Å²) in [5.74, 6) is 0. The molecule has 0 saturated carbocycles. The second-order valence-electron chi connectivity index (χ2n) is 4.08. The average molecular weight is 495 g/mol. The van der Waals surface area contributed by atoms with Crippen molar-refractivity contribution in [3.63, 3.8) is 0 Å². The van der Waals surface area contributed by atoms with Gasteiger partial charge in [-0.05, 0) is 15.9 Å². The standard InChI is InChI=1S/C7H4N4.C6H4BrN3.CH3F.2CN.Zn/c8-1-5-2-9-4-7-6(5)3-10-11-7;7-5-2-8-3-6-4(5)1-9-10-6;3*1-2;/h2-4H,(H,10,11);1-3H,(H,9,10);1H3;;;/q;;;2*-1;+2/i;;1D;;;. The molecule has 12 heteroatoms. The van der Waals surface area contributed by atoms with E-state index in [0.29, 0.717) is 5.56 Å². The molecule has 4 aromatic rings. The zero-order chi connectivity index (χ0) is 21.4. The maximum Gasteiger partial charge on any atom is 2.00 e. The van der Waals surface area contributed by atoms with E-state index in [-0.39, 0.29) is 19.5 Å². The summed E-state index contributed by atoms with van der Waals surface area (Å²) in [6, 6.07) is 2.03. The molecule has 0 fully saturated rings.